The van der Waals surface area contributed by atoms with Gasteiger partial charge in [-0.2, -0.15) is 5.10 Å². The molecule has 2 heterocycles. The summed E-state index contributed by atoms with van der Waals surface area (Å²) in [5.41, 5.74) is 2.17. The van der Waals surface area contributed by atoms with Gasteiger partial charge in [0.2, 0.25) is 0 Å². The van der Waals surface area contributed by atoms with Crippen LogP contribution in [0.25, 0.3) is 5.69 Å². The number of rotatable bonds is 3. The maximum atomic E-state index is 12.4. The van der Waals surface area contributed by atoms with Crippen molar-refractivity contribution in [2.45, 2.75) is 25.8 Å². The van der Waals surface area contributed by atoms with Gasteiger partial charge in [0, 0.05) is 6.04 Å². The fraction of sp³-hybridized carbons (Fsp3) is 0.375. The molecule has 1 saturated heterocycles. The summed E-state index contributed by atoms with van der Waals surface area (Å²) in [6, 6.07) is 7.70. The largest absolute Gasteiger partial charge is 0.349 e. The number of nitrogens with zero attached hydrogens (tertiary/aromatic N) is 2. The highest BCUT2D eigenvalue weighted by molar-refractivity contribution is 6.32. The minimum Gasteiger partial charge on any atom is -0.349 e. The summed E-state index contributed by atoms with van der Waals surface area (Å²) in [6.07, 6.45) is 3.53. The number of hydrogen-bond acceptors (Lipinski definition) is 3. The first-order valence-corrected chi connectivity index (χ1v) is 7.85. The Morgan fingerprint density at radius 3 is 2.82 bits per heavy atom. The first-order chi connectivity index (χ1) is 10.7. The lowest BCUT2D eigenvalue weighted by atomic mass is 10.1. The number of carbonyl (C=O) groups excluding carboxylic acids is 1. The maximum Gasteiger partial charge on any atom is 0.254 e. The summed E-state index contributed by atoms with van der Waals surface area (Å²) in [6.45, 7) is 3.78. The Kier molecular flexibility index (Phi) is 4.45. The average molecular weight is 319 g/mol. The number of para-hydroxylation sites is 1. The van der Waals surface area contributed by atoms with Gasteiger partial charge in [-0.25, -0.2) is 4.68 Å². The Hall–Kier alpha value is -1.85. The van der Waals surface area contributed by atoms with Crippen LogP contribution in [0.4, 0.5) is 0 Å². The topological polar surface area (TPSA) is 59.0 Å². The van der Waals surface area contributed by atoms with Crippen LogP contribution in [0.2, 0.25) is 5.02 Å². The molecule has 1 aliphatic heterocycles. The minimum atomic E-state index is -0.0669. The highest BCUT2D eigenvalue weighted by atomic mass is 35.5. The van der Waals surface area contributed by atoms with Crippen molar-refractivity contribution in [2.75, 3.05) is 13.1 Å². The predicted molar refractivity (Wildman–Crippen MR) is 86.7 cm³/mol. The van der Waals surface area contributed by atoms with E-state index in [1.165, 1.54) is 0 Å². The van der Waals surface area contributed by atoms with E-state index in [4.69, 9.17) is 11.6 Å². The molecule has 1 aromatic carbocycles. The summed E-state index contributed by atoms with van der Waals surface area (Å²) < 4.78 is 1.71. The number of benzene rings is 1. The summed E-state index contributed by atoms with van der Waals surface area (Å²) >= 11 is 6.21. The molecular weight excluding hydrogens is 300 g/mol. The van der Waals surface area contributed by atoms with Crippen LogP contribution in [0, 0.1) is 6.92 Å². The van der Waals surface area contributed by atoms with Crippen LogP contribution in [-0.4, -0.2) is 34.8 Å². The minimum absolute atomic E-state index is 0.0669. The molecule has 1 amide bonds. The van der Waals surface area contributed by atoms with Gasteiger partial charge in [0.15, 0.2) is 0 Å². The van der Waals surface area contributed by atoms with Crippen molar-refractivity contribution in [1.82, 2.24) is 20.4 Å². The van der Waals surface area contributed by atoms with E-state index in [0.717, 1.165) is 37.3 Å². The van der Waals surface area contributed by atoms with Crippen LogP contribution in [0.1, 0.15) is 28.9 Å². The van der Waals surface area contributed by atoms with Gasteiger partial charge < -0.3 is 10.6 Å². The molecule has 1 fully saturated rings. The normalized spacial score (nSPS) is 15.7. The molecule has 0 saturated carbocycles. The third-order valence-corrected chi connectivity index (χ3v) is 4.33. The maximum absolute atomic E-state index is 12.4. The predicted octanol–water partition coefficient (Wildman–Crippen LogP) is 2.32. The van der Waals surface area contributed by atoms with Crippen molar-refractivity contribution in [3.63, 3.8) is 0 Å². The van der Waals surface area contributed by atoms with Gasteiger partial charge in [-0.1, -0.05) is 23.7 Å². The molecule has 2 N–H and O–H groups in total. The third kappa shape index (κ3) is 3.00. The van der Waals surface area contributed by atoms with Crippen LogP contribution in [0.5, 0.6) is 0 Å². The lowest BCUT2D eigenvalue weighted by molar-refractivity contribution is 0.0929. The van der Waals surface area contributed by atoms with Crippen LogP contribution in [0.3, 0.4) is 0 Å². The zero-order valence-electron chi connectivity index (χ0n) is 12.5. The van der Waals surface area contributed by atoms with E-state index in [-0.39, 0.29) is 11.9 Å². The summed E-state index contributed by atoms with van der Waals surface area (Å²) in [4.78, 5) is 12.4. The van der Waals surface area contributed by atoms with Crippen molar-refractivity contribution in [1.29, 1.82) is 0 Å². The van der Waals surface area contributed by atoms with Crippen molar-refractivity contribution >= 4 is 17.5 Å². The number of amides is 1. The highest BCUT2D eigenvalue weighted by Gasteiger charge is 2.20. The zero-order chi connectivity index (χ0) is 15.5. The number of piperidine rings is 1. The van der Waals surface area contributed by atoms with Crippen molar-refractivity contribution in [2.24, 2.45) is 0 Å². The van der Waals surface area contributed by atoms with E-state index in [2.05, 4.69) is 15.7 Å². The molecule has 0 bridgehead atoms. The van der Waals surface area contributed by atoms with Crippen LogP contribution in [-0.2, 0) is 0 Å². The standard InChI is InChI=1S/C16H19ClN4O/c1-11-13(16(22)20-12-6-8-18-9-7-12)10-19-21(11)15-5-3-2-4-14(15)17/h2-5,10,12,18H,6-9H2,1H3,(H,20,22). The van der Waals surface area contributed by atoms with Gasteiger partial charge in [-0.3, -0.25) is 4.79 Å². The van der Waals surface area contributed by atoms with E-state index < -0.39 is 0 Å². The Morgan fingerprint density at radius 1 is 1.36 bits per heavy atom. The molecule has 0 aliphatic carbocycles. The van der Waals surface area contributed by atoms with Crippen LogP contribution in [0.15, 0.2) is 30.5 Å². The first kappa shape index (κ1) is 15.1. The molecule has 1 aliphatic rings. The van der Waals surface area contributed by atoms with Gasteiger partial charge >= 0.3 is 0 Å². The van der Waals surface area contributed by atoms with Gasteiger partial charge in [0.1, 0.15) is 0 Å². The molecule has 22 heavy (non-hydrogen) atoms. The molecule has 0 radical (unpaired) electrons. The fourth-order valence-electron chi connectivity index (χ4n) is 2.73. The SMILES string of the molecule is Cc1c(C(=O)NC2CCNCC2)cnn1-c1ccccc1Cl. The van der Waals surface area contributed by atoms with Gasteiger partial charge in [0.05, 0.1) is 28.2 Å². The number of halogens is 1. The van der Waals surface area contributed by atoms with Crippen molar-refractivity contribution in [3.8, 4) is 5.69 Å². The number of carbonyl (C=O) groups is 1. The van der Waals surface area contributed by atoms with E-state index in [1.54, 1.807) is 10.9 Å². The lowest BCUT2D eigenvalue weighted by Crippen LogP contribution is -2.42. The van der Waals surface area contributed by atoms with Crippen molar-refractivity contribution < 1.29 is 4.79 Å². The summed E-state index contributed by atoms with van der Waals surface area (Å²) in [5.74, 6) is -0.0669. The summed E-state index contributed by atoms with van der Waals surface area (Å²) in [5, 5.41) is 11.3. The second kappa shape index (κ2) is 6.50. The fourth-order valence-corrected chi connectivity index (χ4v) is 2.94. The lowest BCUT2D eigenvalue weighted by Gasteiger charge is -2.23. The number of aromatic nitrogens is 2. The molecule has 116 valence electrons. The van der Waals surface area contributed by atoms with Gasteiger partial charge in [-0.15, -0.1) is 0 Å². The molecule has 6 heteroatoms. The quantitative estimate of drug-likeness (QED) is 0.913. The van der Waals surface area contributed by atoms with Gasteiger partial charge in [0.25, 0.3) is 5.91 Å². The Bertz CT molecular complexity index is 677. The van der Waals surface area contributed by atoms with Gasteiger partial charge in [-0.05, 0) is 45.0 Å². The number of hydrogen-bond donors (Lipinski definition) is 2. The molecule has 1 aromatic heterocycles. The molecule has 2 aromatic rings. The summed E-state index contributed by atoms with van der Waals surface area (Å²) in [7, 11) is 0. The van der Waals surface area contributed by atoms with E-state index in [1.807, 2.05) is 31.2 Å². The highest BCUT2D eigenvalue weighted by Crippen LogP contribution is 2.22. The van der Waals surface area contributed by atoms with E-state index in [9.17, 15) is 4.79 Å². The molecule has 0 atom stereocenters. The molecule has 0 unspecified atom stereocenters. The molecule has 5 nitrogen and oxygen atoms in total. The van der Waals surface area contributed by atoms with E-state index in [0.29, 0.717) is 10.6 Å². The van der Waals surface area contributed by atoms with Crippen LogP contribution < -0.4 is 10.6 Å². The Labute approximate surface area is 134 Å². The molecule has 3 rings (SSSR count). The van der Waals surface area contributed by atoms with Crippen LogP contribution >= 0.6 is 11.6 Å². The monoisotopic (exact) mass is 318 g/mol. The number of nitrogens with one attached hydrogen (secondary N) is 2. The Balaban J connectivity index is 1.81. The third-order valence-electron chi connectivity index (χ3n) is 4.01. The van der Waals surface area contributed by atoms with Crippen molar-refractivity contribution in [3.05, 3.63) is 46.7 Å². The zero-order valence-corrected chi connectivity index (χ0v) is 13.2. The smallest absolute Gasteiger partial charge is 0.254 e. The van der Waals surface area contributed by atoms with E-state index >= 15 is 0 Å². The average Bonchev–Trinajstić information content (AvgIpc) is 2.90. The molecular formula is C16H19ClN4O. The Morgan fingerprint density at radius 2 is 2.09 bits per heavy atom. The second-order valence-corrected chi connectivity index (χ2v) is 5.91. The molecule has 0 spiro atoms. The first-order valence-electron chi connectivity index (χ1n) is 7.48. The second-order valence-electron chi connectivity index (χ2n) is 5.50.